The average Bonchev–Trinajstić information content (AvgIpc) is 4.01. The van der Waals surface area contributed by atoms with Crippen LogP contribution in [0.4, 0.5) is 5.69 Å². The molecule has 0 amide bonds. The van der Waals surface area contributed by atoms with Gasteiger partial charge in [-0.3, -0.25) is 19.4 Å². The van der Waals surface area contributed by atoms with Crippen molar-refractivity contribution in [2.75, 3.05) is 91.4 Å². The fourth-order valence-corrected chi connectivity index (χ4v) is 16.5. The lowest BCUT2D eigenvalue weighted by Crippen LogP contribution is -2.81. The summed E-state index contributed by atoms with van der Waals surface area (Å²) in [6, 6.07) is 9.83. The van der Waals surface area contributed by atoms with Gasteiger partial charge in [0.05, 0.1) is 33.0 Å². The average molecular weight is 967 g/mol. The van der Waals surface area contributed by atoms with Gasteiger partial charge in [-0.25, -0.2) is 4.79 Å². The minimum absolute atomic E-state index is 0.0716. The van der Waals surface area contributed by atoms with Gasteiger partial charge in [-0.15, -0.1) is 11.8 Å². The maximum atomic E-state index is 15.7. The van der Waals surface area contributed by atoms with Crippen molar-refractivity contribution >= 4 is 40.9 Å². The Morgan fingerprint density at radius 2 is 1.68 bits per heavy atom. The number of carbonyl (C=O) groups excluding carboxylic acids is 3. The molecule has 0 radical (unpaired) electrons. The Morgan fingerprint density at radius 1 is 0.899 bits per heavy atom. The summed E-state index contributed by atoms with van der Waals surface area (Å²) >= 11 is 1.91. The number of benzene rings is 2. The van der Waals surface area contributed by atoms with E-state index in [9.17, 15) is 19.8 Å². The predicted molar refractivity (Wildman–Crippen MR) is 267 cm³/mol. The molecule has 4 fully saturated rings. The second-order valence-corrected chi connectivity index (χ2v) is 22.9. The van der Waals surface area contributed by atoms with E-state index in [1.54, 1.807) is 7.11 Å². The Balaban J connectivity index is 1.17. The maximum Gasteiger partial charge on any atom is 0.344 e. The highest BCUT2D eigenvalue weighted by Crippen LogP contribution is 2.68. The third-order valence-electron chi connectivity index (χ3n) is 18.3. The number of nitrogens with zero attached hydrogens (tertiary/aromatic N) is 4. The molecule has 1 saturated carbocycles. The fraction of sp³-hybridized carbons (Fsp3) is 0.655. The molecule has 69 heavy (non-hydrogen) atoms. The Bertz CT molecular complexity index is 2440. The summed E-state index contributed by atoms with van der Waals surface area (Å²) in [6.45, 7) is 12.3. The topological polar surface area (TPSA) is 142 Å². The van der Waals surface area contributed by atoms with E-state index in [1.165, 1.54) is 69.5 Å². The summed E-state index contributed by atoms with van der Waals surface area (Å²) in [7, 11) is 6.30. The molecule has 14 heteroatoms. The number of hydrogen-bond donors (Lipinski definition) is 2. The highest BCUT2D eigenvalue weighted by Gasteiger charge is 2.80. The molecule has 8 aliphatic rings. The van der Waals surface area contributed by atoms with Gasteiger partial charge in [-0.2, -0.15) is 0 Å². The second-order valence-electron chi connectivity index (χ2n) is 21.7. The van der Waals surface area contributed by atoms with Crippen LogP contribution in [0.3, 0.4) is 0 Å². The summed E-state index contributed by atoms with van der Waals surface area (Å²) in [5.74, 6) is -0.358. The van der Waals surface area contributed by atoms with Crippen LogP contribution in [0.1, 0.15) is 107 Å². The van der Waals surface area contributed by atoms with Crippen molar-refractivity contribution in [2.24, 2.45) is 11.3 Å². The van der Waals surface area contributed by atoms with Gasteiger partial charge in [0.25, 0.3) is 0 Å². The normalized spacial score (nSPS) is 35.7. The number of likely N-dealkylation sites (N-methyl/N-ethyl adjacent to an activating group) is 1. The summed E-state index contributed by atoms with van der Waals surface area (Å²) in [6.07, 6.45) is 11.8. The van der Waals surface area contributed by atoms with Gasteiger partial charge in [-0.05, 0) is 148 Å². The standard InChI is InChI=1S/C55H74N4O9S/c1-8-51(63)31-36-32-54(49(61)66-6,41-27-37-15-16-38(69-26-14-22-57-20-11-10-12-21-57)28-40(37)39(41)17-24-58(33-36)34-51)43-29-42-44(30-45(43)65-5)56(4)47-53(42)19-25-59-23-13-18-52(9-2,46(53)59)48(68-35(3)60)55(47,64)50(62)67-7/h13,15-16,18,28-30,36,46-48,63-64H,8-12,14,17,19-27,31-34H2,1-7H3/t36-,46+,47-,48-,51+,52-,53-,54-,55+/m1/s1. The summed E-state index contributed by atoms with van der Waals surface area (Å²) in [5.41, 5.74) is 0.479. The molecular weight excluding hydrogens is 893 g/mol. The largest absolute Gasteiger partial charge is 0.496 e. The number of ether oxygens (including phenoxy) is 4. The number of likely N-dealkylation sites (tertiary alicyclic amines) is 1. The minimum Gasteiger partial charge on any atom is -0.496 e. The Hall–Kier alpha value is -3.92. The zero-order chi connectivity index (χ0) is 48.7. The van der Waals surface area contributed by atoms with Gasteiger partial charge >= 0.3 is 17.9 Å². The number of rotatable bonds is 12. The monoisotopic (exact) mass is 967 g/mol. The molecule has 1 spiro atoms. The first-order valence-electron chi connectivity index (χ1n) is 25.8. The lowest BCUT2D eigenvalue weighted by Gasteiger charge is -2.63. The molecular formula is C55H74N4O9S. The molecule has 0 aromatic heterocycles. The number of carbonyl (C=O) groups is 3. The van der Waals surface area contributed by atoms with Gasteiger partial charge in [-0.1, -0.05) is 38.5 Å². The molecule has 2 aliphatic carbocycles. The van der Waals surface area contributed by atoms with Crippen LogP contribution in [-0.4, -0.2) is 159 Å². The zero-order valence-electron chi connectivity index (χ0n) is 41.9. The van der Waals surface area contributed by atoms with Crippen LogP contribution in [0, 0.1) is 11.3 Å². The molecule has 10 atom stereocenters. The molecule has 2 N–H and O–H groups in total. The molecule has 2 aromatic carbocycles. The van der Waals surface area contributed by atoms with Gasteiger partial charge in [0.2, 0.25) is 5.60 Å². The van der Waals surface area contributed by atoms with Gasteiger partial charge in [0.1, 0.15) is 11.2 Å². The van der Waals surface area contributed by atoms with Crippen LogP contribution in [-0.2, 0) is 45.8 Å². The molecule has 6 aliphatic heterocycles. The number of aliphatic hydroxyl groups is 2. The molecule has 2 bridgehead atoms. The molecule has 6 heterocycles. The van der Waals surface area contributed by atoms with Crippen LogP contribution in [0.25, 0.3) is 5.57 Å². The smallest absolute Gasteiger partial charge is 0.344 e. The van der Waals surface area contributed by atoms with E-state index in [2.05, 4.69) is 58.0 Å². The number of thioether (sulfide) groups is 1. The highest BCUT2D eigenvalue weighted by molar-refractivity contribution is 7.99. The summed E-state index contributed by atoms with van der Waals surface area (Å²) in [5, 5.41) is 25.7. The quantitative estimate of drug-likeness (QED) is 0.0810. The van der Waals surface area contributed by atoms with Crippen molar-refractivity contribution in [1.82, 2.24) is 14.7 Å². The number of fused-ring (bicyclic) bond motifs is 5. The van der Waals surface area contributed by atoms with E-state index in [0.717, 1.165) is 54.2 Å². The predicted octanol–water partition coefficient (Wildman–Crippen LogP) is 6.29. The van der Waals surface area contributed by atoms with Gasteiger partial charge in [0.15, 0.2) is 6.10 Å². The lowest BCUT2D eigenvalue weighted by atomic mass is 9.47. The summed E-state index contributed by atoms with van der Waals surface area (Å²) < 4.78 is 24.4. The Kier molecular flexibility index (Phi) is 12.9. The third-order valence-corrected chi connectivity index (χ3v) is 19.4. The highest BCUT2D eigenvalue weighted by atomic mass is 32.2. The van der Waals surface area contributed by atoms with Crippen LogP contribution in [0.2, 0.25) is 0 Å². The molecule has 13 nitrogen and oxygen atoms in total. The van der Waals surface area contributed by atoms with E-state index >= 15 is 4.79 Å². The number of piperidine rings is 2. The molecule has 10 rings (SSSR count). The Labute approximate surface area is 412 Å². The number of esters is 3. The maximum absolute atomic E-state index is 15.7. The van der Waals surface area contributed by atoms with Crippen molar-refractivity contribution in [1.29, 1.82) is 0 Å². The van der Waals surface area contributed by atoms with E-state index in [-0.39, 0.29) is 17.9 Å². The van der Waals surface area contributed by atoms with E-state index in [4.69, 9.17) is 18.9 Å². The first-order chi connectivity index (χ1) is 33.2. The summed E-state index contributed by atoms with van der Waals surface area (Å²) in [4.78, 5) is 54.1. The number of methoxy groups -OCH3 is 3. The SMILES string of the molecule is CC[C@]1(O)C[C@H]2CN(CCC3=C(Cc4ccc(SCCCN5CCCCC5)cc43)[C@@](C(=O)OC)(c3cc4c(cc3OC)N(C)[C@H]3[C@@](O)(C(=O)OC)[C@H](OC(C)=O)[C@]5(CC)C=CCN6CC[C@]43[C@@H]65)C2)C1. The first-order valence-corrected chi connectivity index (χ1v) is 26.8. The third kappa shape index (κ3) is 7.37. The van der Waals surface area contributed by atoms with Crippen molar-refractivity contribution in [3.63, 3.8) is 0 Å². The molecule has 2 aromatic rings. The second kappa shape index (κ2) is 18.3. The van der Waals surface area contributed by atoms with Crippen LogP contribution in [0.15, 0.2) is 53.0 Å². The van der Waals surface area contributed by atoms with Crippen LogP contribution < -0.4 is 9.64 Å². The first kappa shape index (κ1) is 48.7. The number of anilines is 1. The van der Waals surface area contributed by atoms with Gasteiger partial charge < -0.3 is 39.0 Å². The minimum atomic E-state index is -2.30. The zero-order valence-corrected chi connectivity index (χ0v) is 42.8. The van der Waals surface area contributed by atoms with Crippen LogP contribution >= 0.6 is 11.8 Å². The van der Waals surface area contributed by atoms with Crippen molar-refractivity contribution in [2.45, 2.75) is 137 Å². The fourth-order valence-electron chi connectivity index (χ4n) is 15.6. The lowest BCUT2D eigenvalue weighted by molar-refractivity contribution is -0.228. The molecule has 3 saturated heterocycles. The molecule has 1 unspecified atom stereocenters. The Morgan fingerprint density at radius 3 is 2.39 bits per heavy atom. The molecule has 374 valence electrons. The van der Waals surface area contributed by atoms with Crippen molar-refractivity contribution < 1.29 is 43.5 Å². The van der Waals surface area contributed by atoms with Crippen LogP contribution in [0.5, 0.6) is 5.75 Å². The van der Waals surface area contributed by atoms with Crippen molar-refractivity contribution in [3.05, 3.63) is 70.3 Å². The van der Waals surface area contributed by atoms with Crippen molar-refractivity contribution in [3.8, 4) is 5.75 Å². The van der Waals surface area contributed by atoms with E-state index < -0.39 is 51.5 Å². The number of hydrogen-bond acceptors (Lipinski definition) is 14. The van der Waals surface area contributed by atoms with E-state index in [0.29, 0.717) is 75.9 Å². The van der Waals surface area contributed by atoms with E-state index in [1.807, 2.05) is 36.7 Å². The van der Waals surface area contributed by atoms with Gasteiger partial charge in [0, 0.05) is 79.2 Å².